The van der Waals surface area contributed by atoms with Crippen molar-refractivity contribution in [2.45, 2.75) is 32.6 Å². The first-order valence-corrected chi connectivity index (χ1v) is 4.67. The molecule has 4 heteroatoms. The third kappa shape index (κ3) is 6.64. The average Bonchev–Trinajstić information content (AvgIpc) is 2.08. The third-order valence-corrected chi connectivity index (χ3v) is 1.99. The van der Waals surface area contributed by atoms with Gasteiger partial charge in [-0.05, 0) is 38.9 Å². The van der Waals surface area contributed by atoms with Gasteiger partial charge in [0.15, 0.2) is 0 Å². The normalized spacial score (nSPS) is 17.9. The van der Waals surface area contributed by atoms with Crippen molar-refractivity contribution in [3.63, 3.8) is 0 Å². The Kier molecular flexibility index (Phi) is 8.99. The van der Waals surface area contributed by atoms with E-state index in [-0.39, 0.29) is 7.69 Å². The first kappa shape index (κ1) is 11.9. The second-order valence-electron chi connectivity index (χ2n) is 3.02. The fraction of sp³-hybridized carbons (Fsp3) is 1.00. The molecular formula is C8H19BNO2. The minimum absolute atomic E-state index is 0. The Hall–Kier alpha value is -0.0551. The zero-order valence-electron chi connectivity index (χ0n) is 7.87. The van der Waals surface area contributed by atoms with Crippen LogP contribution in [-0.4, -0.2) is 42.3 Å². The number of nitrogens with zero attached hydrogens (tertiary/aromatic N) is 1. The Labute approximate surface area is 75.7 Å². The van der Waals surface area contributed by atoms with Crippen LogP contribution in [0.1, 0.15) is 32.6 Å². The second-order valence-corrected chi connectivity index (χ2v) is 3.02. The molecule has 0 unspecified atom stereocenters. The first-order valence-electron chi connectivity index (χ1n) is 4.67. The van der Waals surface area contributed by atoms with Crippen molar-refractivity contribution < 1.29 is 10.0 Å². The molecule has 1 heterocycles. The van der Waals surface area contributed by atoms with Gasteiger partial charge in [-0.15, -0.1) is 0 Å². The monoisotopic (exact) mass is 172 g/mol. The number of piperidine rings is 1. The lowest BCUT2D eigenvalue weighted by atomic mass is 10.1. The molecule has 0 aromatic rings. The maximum atomic E-state index is 7.00. The lowest BCUT2D eigenvalue weighted by Crippen LogP contribution is -2.30. The maximum Gasteiger partial charge on any atom is 0.482 e. The molecule has 0 aliphatic carbocycles. The largest absolute Gasteiger partial charge is 0.482 e. The SMILES string of the molecule is CCCN1CCCCC1.O[B]O. The standard InChI is InChI=1S/C8H17N.BH2O2/c1-2-6-9-7-4-3-5-8-9;2-1-3/h2-8H2,1H3;2-3H. The van der Waals surface area contributed by atoms with E-state index in [4.69, 9.17) is 10.0 Å². The van der Waals surface area contributed by atoms with Gasteiger partial charge in [0.05, 0.1) is 0 Å². The lowest BCUT2D eigenvalue weighted by Gasteiger charge is -2.25. The van der Waals surface area contributed by atoms with Gasteiger partial charge in [0.2, 0.25) is 0 Å². The molecule has 1 aliphatic rings. The minimum atomic E-state index is 0. The summed E-state index contributed by atoms with van der Waals surface area (Å²) in [6, 6.07) is 0. The van der Waals surface area contributed by atoms with Crippen LogP contribution in [0.3, 0.4) is 0 Å². The molecule has 3 nitrogen and oxygen atoms in total. The van der Waals surface area contributed by atoms with E-state index in [0.29, 0.717) is 0 Å². The summed E-state index contributed by atoms with van der Waals surface area (Å²) in [5, 5.41) is 14.0. The summed E-state index contributed by atoms with van der Waals surface area (Å²) in [6.07, 6.45) is 5.64. The van der Waals surface area contributed by atoms with E-state index in [9.17, 15) is 0 Å². The molecule has 71 valence electrons. The smallest absolute Gasteiger partial charge is 0.429 e. The van der Waals surface area contributed by atoms with Crippen LogP contribution >= 0.6 is 0 Å². The summed E-state index contributed by atoms with van der Waals surface area (Å²) in [5.41, 5.74) is 0. The molecule has 0 saturated carbocycles. The van der Waals surface area contributed by atoms with Crippen LogP contribution in [-0.2, 0) is 0 Å². The highest BCUT2D eigenvalue weighted by molar-refractivity contribution is 6.13. The molecule has 0 bridgehead atoms. The fourth-order valence-corrected chi connectivity index (χ4v) is 1.50. The third-order valence-electron chi connectivity index (χ3n) is 1.99. The predicted octanol–water partition coefficient (Wildman–Crippen LogP) is 0.388. The molecular weight excluding hydrogens is 153 g/mol. The molecule has 0 atom stereocenters. The van der Waals surface area contributed by atoms with Crippen LogP contribution in [0.5, 0.6) is 0 Å². The zero-order chi connectivity index (χ0) is 9.23. The van der Waals surface area contributed by atoms with Gasteiger partial charge < -0.3 is 14.9 Å². The molecule has 0 aromatic heterocycles. The number of hydrogen-bond acceptors (Lipinski definition) is 3. The second kappa shape index (κ2) is 9.04. The summed E-state index contributed by atoms with van der Waals surface area (Å²) in [5.74, 6) is 0. The van der Waals surface area contributed by atoms with E-state index in [0.717, 1.165) is 0 Å². The van der Waals surface area contributed by atoms with Crippen molar-refractivity contribution in [1.82, 2.24) is 4.90 Å². The predicted molar refractivity (Wildman–Crippen MR) is 50.8 cm³/mol. The van der Waals surface area contributed by atoms with Crippen LogP contribution < -0.4 is 0 Å². The highest BCUT2D eigenvalue weighted by Gasteiger charge is 2.07. The Morgan fingerprint density at radius 1 is 1.17 bits per heavy atom. The molecule has 1 radical (unpaired) electrons. The summed E-state index contributed by atoms with van der Waals surface area (Å²) < 4.78 is 0. The topological polar surface area (TPSA) is 43.7 Å². The Bertz CT molecular complexity index is 84.4. The first-order chi connectivity index (χ1) is 5.85. The van der Waals surface area contributed by atoms with Gasteiger partial charge in [-0.3, -0.25) is 0 Å². The van der Waals surface area contributed by atoms with Crippen molar-refractivity contribution >= 4 is 7.69 Å². The average molecular weight is 172 g/mol. The number of hydrogen-bond donors (Lipinski definition) is 2. The van der Waals surface area contributed by atoms with Crippen LogP contribution in [0.2, 0.25) is 0 Å². The Morgan fingerprint density at radius 3 is 2.08 bits per heavy atom. The summed E-state index contributed by atoms with van der Waals surface area (Å²) in [7, 11) is 0. The Morgan fingerprint density at radius 2 is 1.67 bits per heavy atom. The van der Waals surface area contributed by atoms with Crippen molar-refractivity contribution in [3.8, 4) is 0 Å². The van der Waals surface area contributed by atoms with Crippen molar-refractivity contribution in [3.05, 3.63) is 0 Å². The van der Waals surface area contributed by atoms with E-state index < -0.39 is 0 Å². The Balaban J connectivity index is 0.000000354. The summed E-state index contributed by atoms with van der Waals surface area (Å²) in [4.78, 5) is 2.57. The summed E-state index contributed by atoms with van der Waals surface area (Å²) >= 11 is 0. The van der Waals surface area contributed by atoms with Gasteiger partial charge >= 0.3 is 7.69 Å². The van der Waals surface area contributed by atoms with E-state index in [2.05, 4.69) is 11.8 Å². The van der Waals surface area contributed by atoms with Crippen LogP contribution in [0.4, 0.5) is 0 Å². The maximum absolute atomic E-state index is 7.00. The van der Waals surface area contributed by atoms with Gasteiger partial charge in [0.1, 0.15) is 0 Å². The van der Waals surface area contributed by atoms with Gasteiger partial charge in [0, 0.05) is 0 Å². The molecule has 0 amide bonds. The number of likely N-dealkylation sites (tertiary alicyclic amines) is 1. The van der Waals surface area contributed by atoms with Gasteiger partial charge in [-0.1, -0.05) is 13.3 Å². The van der Waals surface area contributed by atoms with Gasteiger partial charge in [-0.2, -0.15) is 0 Å². The number of rotatable bonds is 2. The highest BCUT2D eigenvalue weighted by Crippen LogP contribution is 2.07. The van der Waals surface area contributed by atoms with Gasteiger partial charge in [0.25, 0.3) is 0 Å². The summed E-state index contributed by atoms with van der Waals surface area (Å²) in [6.45, 7) is 6.29. The zero-order valence-corrected chi connectivity index (χ0v) is 7.87. The van der Waals surface area contributed by atoms with E-state index in [1.54, 1.807) is 0 Å². The van der Waals surface area contributed by atoms with E-state index in [1.165, 1.54) is 45.3 Å². The molecule has 1 saturated heterocycles. The molecule has 0 aromatic carbocycles. The van der Waals surface area contributed by atoms with E-state index >= 15 is 0 Å². The van der Waals surface area contributed by atoms with Gasteiger partial charge in [-0.25, -0.2) is 0 Å². The molecule has 1 aliphatic heterocycles. The van der Waals surface area contributed by atoms with Crippen LogP contribution in [0.25, 0.3) is 0 Å². The van der Waals surface area contributed by atoms with Crippen LogP contribution in [0, 0.1) is 0 Å². The lowest BCUT2D eigenvalue weighted by molar-refractivity contribution is 0.229. The quantitative estimate of drug-likeness (QED) is 0.592. The van der Waals surface area contributed by atoms with E-state index in [1.807, 2.05) is 0 Å². The van der Waals surface area contributed by atoms with Crippen LogP contribution in [0.15, 0.2) is 0 Å². The molecule has 1 fully saturated rings. The van der Waals surface area contributed by atoms with Crippen molar-refractivity contribution in [2.75, 3.05) is 19.6 Å². The molecule has 1 rings (SSSR count). The molecule has 12 heavy (non-hydrogen) atoms. The van der Waals surface area contributed by atoms with Crippen molar-refractivity contribution in [2.24, 2.45) is 0 Å². The van der Waals surface area contributed by atoms with Crippen molar-refractivity contribution in [1.29, 1.82) is 0 Å². The minimum Gasteiger partial charge on any atom is -0.429 e. The molecule has 2 N–H and O–H groups in total. The highest BCUT2D eigenvalue weighted by atomic mass is 16.4. The molecule has 0 spiro atoms. The fourth-order valence-electron chi connectivity index (χ4n) is 1.50.